The average Bonchev–Trinajstić information content (AvgIpc) is 2.46. The first-order chi connectivity index (χ1) is 8.92. The summed E-state index contributed by atoms with van der Waals surface area (Å²) in [6.07, 6.45) is 2.01. The summed E-state index contributed by atoms with van der Waals surface area (Å²) in [5.41, 5.74) is 2.70. The molecule has 0 fully saturated rings. The largest absolute Gasteiger partial charge is 0.448 e. The summed E-state index contributed by atoms with van der Waals surface area (Å²) >= 11 is 0. The Kier molecular flexibility index (Phi) is 5.04. The van der Waals surface area contributed by atoms with Crippen molar-refractivity contribution in [3.63, 3.8) is 0 Å². The van der Waals surface area contributed by atoms with E-state index in [1.165, 1.54) is 11.1 Å². The van der Waals surface area contributed by atoms with E-state index in [0.717, 1.165) is 12.8 Å². The predicted octanol–water partition coefficient (Wildman–Crippen LogP) is 3.70. The fourth-order valence-electron chi connectivity index (χ4n) is 2.27. The van der Waals surface area contributed by atoms with Crippen molar-refractivity contribution in [1.82, 2.24) is 0 Å². The SMILES string of the molecule is [B]OCCCC(c1ccccc1)c1ccccc1. The maximum absolute atomic E-state index is 5.09. The van der Waals surface area contributed by atoms with Gasteiger partial charge in [0.2, 0.25) is 0 Å². The highest BCUT2D eigenvalue weighted by atomic mass is 16.4. The lowest BCUT2D eigenvalue weighted by molar-refractivity contribution is 0.332. The van der Waals surface area contributed by atoms with E-state index in [1.807, 2.05) is 0 Å². The van der Waals surface area contributed by atoms with E-state index in [1.54, 1.807) is 0 Å². The molecule has 90 valence electrons. The molecule has 0 aliphatic heterocycles. The van der Waals surface area contributed by atoms with E-state index >= 15 is 0 Å². The lowest BCUT2D eigenvalue weighted by Crippen LogP contribution is -2.03. The van der Waals surface area contributed by atoms with Gasteiger partial charge in [-0.05, 0) is 24.0 Å². The molecule has 0 heterocycles. The third-order valence-electron chi connectivity index (χ3n) is 3.16. The zero-order chi connectivity index (χ0) is 12.6. The minimum atomic E-state index is 0.419. The van der Waals surface area contributed by atoms with Crippen LogP contribution in [0.3, 0.4) is 0 Å². The lowest BCUT2D eigenvalue weighted by Gasteiger charge is -2.18. The van der Waals surface area contributed by atoms with Gasteiger partial charge in [0.1, 0.15) is 0 Å². The van der Waals surface area contributed by atoms with Crippen LogP contribution in [0.5, 0.6) is 0 Å². The molecule has 2 rings (SSSR count). The van der Waals surface area contributed by atoms with Crippen molar-refractivity contribution in [2.24, 2.45) is 0 Å². The van der Waals surface area contributed by atoms with Crippen LogP contribution < -0.4 is 0 Å². The van der Waals surface area contributed by atoms with Crippen LogP contribution in [0.1, 0.15) is 29.9 Å². The molecule has 0 aromatic heterocycles. The van der Waals surface area contributed by atoms with E-state index in [0.29, 0.717) is 12.5 Å². The highest BCUT2D eigenvalue weighted by Crippen LogP contribution is 2.28. The molecule has 2 aromatic rings. The Morgan fingerprint density at radius 3 is 1.78 bits per heavy atom. The standard InChI is InChI=1S/C16H17BO/c17-18-13-7-12-16(14-8-3-1-4-9-14)15-10-5-2-6-11-15/h1-6,8-11,16H,7,12-13H2. The quantitative estimate of drug-likeness (QED) is 0.548. The second-order valence-electron chi connectivity index (χ2n) is 4.39. The highest BCUT2D eigenvalue weighted by molar-refractivity contribution is 5.97. The van der Waals surface area contributed by atoms with Gasteiger partial charge in [-0.25, -0.2) is 0 Å². The van der Waals surface area contributed by atoms with Crippen LogP contribution in [-0.4, -0.2) is 14.7 Å². The van der Waals surface area contributed by atoms with Crippen LogP contribution in [-0.2, 0) is 4.65 Å². The molecule has 0 saturated carbocycles. The fourth-order valence-corrected chi connectivity index (χ4v) is 2.27. The summed E-state index contributed by atoms with van der Waals surface area (Å²) in [7, 11) is 5.09. The van der Waals surface area contributed by atoms with Gasteiger partial charge in [0, 0.05) is 12.5 Å². The molecule has 0 aliphatic rings. The Labute approximate surface area is 110 Å². The normalized spacial score (nSPS) is 10.7. The smallest absolute Gasteiger partial charge is 0.282 e. The van der Waals surface area contributed by atoms with Crippen LogP contribution in [0, 0.1) is 0 Å². The highest BCUT2D eigenvalue weighted by Gasteiger charge is 2.12. The molecule has 0 N–H and O–H groups in total. The van der Waals surface area contributed by atoms with Crippen LogP contribution >= 0.6 is 0 Å². The lowest BCUT2D eigenvalue weighted by atomic mass is 9.87. The van der Waals surface area contributed by atoms with Gasteiger partial charge in [0.15, 0.2) is 0 Å². The fraction of sp³-hybridized carbons (Fsp3) is 0.250. The minimum Gasteiger partial charge on any atom is -0.448 e. The molecule has 0 atom stereocenters. The number of rotatable bonds is 6. The van der Waals surface area contributed by atoms with E-state index < -0.39 is 0 Å². The van der Waals surface area contributed by atoms with Crippen LogP contribution in [0.15, 0.2) is 60.7 Å². The van der Waals surface area contributed by atoms with Crippen molar-refractivity contribution >= 4 is 8.05 Å². The molecule has 2 aromatic carbocycles. The number of benzene rings is 2. The van der Waals surface area contributed by atoms with Gasteiger partial charge >= 0.3 is 0 Å². The van der Waals surface area contributed by atoms with Gasteiger partial charge in [-0.3, -0.25) is 0 Å². The first-order valence-corrected chi connectivity index (χ1v) is 6.33. The zero-order valence-corrected chi connectivity index (χ0v) is 10.5. The second kappa shape index (κ2) is 7.02. The summed E-state index contributed by atoms with van der Waals surface area (Å²) in [5.74, 6) is 0.419. The predicted molar refractivity (Wildman–Crippen MR) is 75.7 cm³/mol. The minimum absolute atomic E-state index is 0.419. The van der Waals surface area contributed by atoms with E-state index in [-0.39, 0.29) is 0 Å². The van der Waals surface area contributed by atoms with Crippen molar-refractivity contribution in [2.75, 3.05) is 6.61 Å². The van der Waals surface area contributed by atoms with Crippen molar-refractivity contribution in [1.29, 1.82) is 0 Å². The molecular formula is C16H17BO. The maximum atomic E-state index is 5.09. The molecule has 1 nitrogen and oxygen atoms in total. The van der Waals surface area contributed by atoms with Gasteiger partial charge in [0.05, 0.1) is 0 Å². The zero-order valence-electron chi connectivity index (χ0n) is 10.5. The van der Waals surface area contributed by atoms with E-state index in [9.17, 15) is 0 Å². The van der Waals surface area contributed by atoms with Gasteiger partial charge in [-0.15, -0.1) is 0 Å². The monoisotopic (exact) mass is 236 g/mol. The molecule has 0 spiro atoms. The Bertz CT molecular complexity index is 402. The summed E-state index contributed by atoms with van der Waals surface area (Å²) in [5, 5.41) is 0. The van der Waals surface area contributed by atoms with Crippen LogP contribution in [0.2, 0.25) is 0 Å². The maximum Gasteiger partial charge on any atom is 0.282 e. The molecule has 2 radical (unpaired) electrons. The molecule has 18 heavy (non-hydrogen) atoms. The molecule has 0 aliphatic carbocycles. The second-order valence-corrected chi connectivity index (χ2v) is 4.39. The van der Waals surface area contributed by atoms with Crippen LogP contribution in [0.25, 0.3) is 0 Å². The molecule has 0 amide bonds. The van der Waals surface area contributed by atoms with Crippen LogP contribution in [0.4, 0.5) is 0 Å². The molecule has 0 unspecified atom stereocenters. The van der Waals surface area contributed by atoms with E-state index in [4.69, 9.17) is 8.05 Å². The molecule has 0 saturated heterocycles. The third kappa shape index (κ3) is 3.48. The Balaban J connectivity index is 2.18. The Hall–Kier alpha value is -1.54. The van der Waals surface area contributed by atoms with Crippen molar-refractivity contribution in [2.45, 2.75) is 18.8 Å². The van der Waals surface area contributed by atoms with Gasteiger partial charge in [-0.1, -0.05) is 60.7 Å². The van der Waals surface area contributed by atoms with Gasteiger partial charge in [0.25, 0.3) is 8.05 Å². The summed E-state index contributed by atoms with van der Waals surface area (Å²) < 4.78 is 4.66. The van der Waals surface area contributed by atoms with Gasteiger partial charge in [-0.2, -0.15) is 0 Å². The number of hydrogen-bond acceptors (Lipinski definition) is 1. The summed E-state index contributed by atoms with van der Waals surface area (Å²) in [6.45, 7) is 0.607. The summed E-state index contributed by atoms with van der Waals surface area (Å²) in [4.78, 5) is 0. The first kappa shape index (κ1) is 12.9. The van der Waals surface area contributed by atoms with Crippen molar-refractivity contribution in [3.8, 4) is 0 Å². The van der Waals surface area contributed by atoms with Crippen molar-refractivity contribution in [3.05, 3.63) is 71.8 Å². The van der Waals surface area contributed by atoms with Gasteiger partial charge < -0.3 is 4.65 Å². The first-order valence-electron chi connectivity index (χ1n) is 6.33. The molecular weight excluding hydrogens is 219 g/mol. The Morgan fingerprint density at radius 1 is 0.833 bits per heavy atom. The number of hydrogen-bond donors (Lipinski definition) is 0. The summed E-state index contributed by atoms with van der Waals surface area (Å²) in [6, 6.07) is 21.2. The van der Waals surface area contributed by atoms with E-state index in [2.05, 4.69) is 65.3 Å². The molecule has 0 bridgehead atoms. The van der Waals surface area contributed by atoms with Crippen molar-refractivity contribution < 1.29 is 4.65 Å². The average molecular weight is 236 g/mol. The Morgan fingerprint density at radius 2 is 1.33 bits per heavy atom. The topological polar surface area (TPSA) is 9.23 Å². The third-order valence-corrected chi connectivity index (χ3v) is 3.16. The molecule has 2 heteroatoms.